The van der Waals surface area contributed by atoms with Crippen molar-refractivity contribution in [1.29, 1.82) is 0 Å². The number of carbonyl (C=O) groups excluding carboxylic acids is 1. The molecular weight excluding hydrogens is 326 g/mol. The van der Waals surface area contributed by atoms with E-state index < -0.39 is 0 Å². The molecule has 1 aliphatic carbocycles. The number of hydrogen-bond donors (Lipinski definition) is 1. The van der Waals surface area contributed by atoms with E-state index in [2.05, 4.69) is 67.1 Å². The summed E-state index contributed by atoms with van der Waals surface area (Å²) in [5.74, 6) is 0.676. The predicted octanol–water partition coefficient (Wildman–Crippen LogP) is 4.48. The van der Waals surface area contributed by atoms with Gasteiger partial charge in [0.2, 0.25) is 0 Å². The number of amides is 1. The topological polar surface area (TPSA) is 29.1 Å². The van der Waals surface area contributed by atoms with E-state index in [0.717, 1.165) is 24.9 Å². The van der Waals surface area contributed by atoms with Gasteiger partial charge in [0, 0.05) is 16.9 Å². The van der Waals surface area contributed by atoms with E-state index >= 15 is 0 Å². The molecule has 114 valence electrons. The van der Waals surface area contributed by atoms with Crippen LogP contribution in [0.1, 0.15) is 60.4 Å². The second-order valence-electron chi connectivity index (χ2n) is 7.60. The fourth-order valence-corrected chi connectivity index (χ4v) is 5.55. The monoisotopic (exact) mass is 349 g/mol. The summed E-state index contributed by atoms with van der Waals surface area (Å²) in [6.07, 6.45) is 2.01. The summed E-state index contributed by atoms with van der Waals surface area (Å²) in [5, 5.41) is 2.99. The molecule has 1 aromatic carbocycles. The van der Waals surface area contributed by atoms with E-state index in [-0.39, 0.29) is 5.91 Å². The fourth-order valence-electron chi connectivity index (χ4n) is 3.94. The molecule has 2 nitrogen and oxygen atoms in total. The highest BCUT2D eigenvalue weighted by atomic mass is 79.9. The van der Waals surface area contributed by atoms with E-state index in [1.807, 2.05) is 0 Å². The molecule has 1 fully saturated rings. The second kappa shape index (κ2) is 4.84. The number of carbonyl (C=O) groups is 1. The fraction of sp³-hybridized carbons (Fsp3) is 0.611. The molecule has 2 aliphatic rings. The van der Waals surface area contributed by atoms with Gasteiger partial charge < -0.3 is 5.32 Å². The Morgan fingerprint density at radius 1 is 1.24 bits per heavy atom. The van der Waals surface area contributed by atoms with Crippen molar-refractivity contribution >= 4 is 21.8 Å². The SMILES string of the molecule is CC1(C)C(C(Br)c2ccc3c(c2)C(=O)NCCC3)C1(C)C. The van der Waals surface area contributed by atoms with Crippen molar-refractivity contribution in [3.05, 3.63) is 34.9 Å². The summed E-state index contributed by atoms with van der Waals surface area (Å²) in [6.45, 7) is 10.1. The molecule has 0 spiro atoms. The number of alkyl halides is 1. The third-order valence-electron chi connectivity index (χ3n) is 6.03. The van der Waals surface area contributed by atoms with Gasteiger partial charge in [-0.2, -0.15) is 0 Å². The quantitative estimate of drug-likeness (QED) is 0.783. The largest absolute Gasteiger partial charge is 0.352 e. The number of nitrogens with one attached hydrogen (secondary N) is 1. The Morgan fingerprint density at radius 3 is 2.52 bits per heavy atom. The molecule has 1 atom stereocenters. The van der Waals surface area contributed by atoms with Crippen molar-refractivity contribution in [2.75, 3.05) is 6.54 Å². The Bertz CT molecular complexity index is 577. The van der Waals surface area contributed by atoms with Crippen LogP contribution >= 0.6 is 15.9 Å². The normalized spacial score (nSPS) is 24.7. The van der Waals surface area contributed by atoms with Crippen molar-refractivity contribution in [3.63, 3.8) is 0 Å². The maximum absolute atomic E-state index is 12.2. The number of fused-ring (bicyclic) bond motifs is 1. The Hall–Kier alpha value is -0.830. The van der Waals surface area contributed by atoms with E-state index in [4.69, 9.17) is 0 Å². The van der Waals surface area contributed by atoms with Crippen molar-refractivity contribution in [2.24, 2.45) is 16.7 Å². The molecular formula is C18H24BrNO. The van der Waals surface area contributed by atoms with Crippen LogP contribution < -0.4 is 5.32 Å². The molecule has 0 bridgehead atoms. The van der Waals surface area contributed by atoms with Crippen LogP contribution in [0.15, 0.2) is 18.2 Å². The van der Waals surface area contributed by atoms with E-state index in [1.165, 1.54) is 11.1 Å². The Morgan fingerprint density at radius 2 is 1.90 bits per heavy atom. The lowest BCUT2D eigenvalue weighted by molar-refractivity contribution is 0.0956. The summed E-state index contributed by atoms with van der Waals surface area (Å²) in [7, 11) is 0. The summed E-state index contributed by atoms with van der Waals surface area (Å²) < 4.78 is 0. The maximum atomic E-state index is 12.2. The van der Waals surface area contributed by atoms with Gasteiger partial charge in [0.15, 0.2) is 0 Å². The molecule has 1 aromatic rings. The minimum Gasteiger partial charge on any atom is -0.352 e. The molecule has 3 heteroatoms. The van der Waals surface area contributed by atoms with Crippen LogP contribution in [0.3, 0.4) is 0 Å². The van der Waals surface area contributed by atoms with E-state index in [0.29, 0.717) is 21.6 Å². The van der Waals surface area contributed by atoms with Crippen LogP contribution in [-0.2, 0) is 6.42 Å². The van der Waals surface area contributed by atoms with E-state index in [9.17, 15) is 4.79 Å². The molecule has 21 heavy (non-hydrogen) atoms. The summed E-state index contributed by atoms with van der Waals surface area (Å²) in [6, 6.07) is 6.44. The zero-order valence-corrected chi connectivity index (χ0v) is 14.9. The molecule has 1 amide bonds. The Kier molecular flexibility index (Phi) is 3.47. The Balaban J connectivity index is 1.93. The third kappa shape index (κ3) is 2.25. The maximum Gasteiger partial charge on any atom is 0.251 e. The first-order chi connectivity index (χ1) is 9.76. The van der Waals surface area contributed by atoms with Gasteiger partial charge in [-0.15, -0.1) is 0 Å². The molecule has 0 saturated heterocycles. The number of hydrogen-bond acceptors (Lipinski definition) is 1. The van der Waals surface area contributed by atoms with Crippen molar-refractivity contribution in [3.8, 4) is 0 Å². The van der Waals surface area contributed by atoms with Gasteiger partial charge in [-0.3, -0.25) is 4.79 Å². The van der Waals surface area contributed by atoms with Gasteiger partial charge in [-0.1, -0.05) is 55.8 Å². The molecule has 0 radical (unpaired) electrons. The highest BCUT2D eigenvalue weighted by Gasteiger charge is 2.66. The third-order valence-corrected chi connectivity index (χ3v) is 7.09. The van der Waals surface area contributed by atoms with Gasteiger partial charge in [0.1, 0.15) is 0 Å². The van der Waals surface area contributed by atoms with Crippen molar-refractivity contribution < 1.29 is 4.79 Å². The highest BCUT2D eigenvalue weighted by molar-refractivity contribution is 9.09. The zero-order valence-electron chi connectivity index (χ0n) is 13.3. The van der Waals surface area contributed by atoms with Gasteiger partial charge in [-0.25, -0.2) is 0 Å². The number of aryl methyl sites for hydroxylation is 1. The average molecular weight is 350 g/mol. The number of rotatable bonds is 2. The lowest BCUT2D eigenvalue weighted by Crippen LogP contribution is -2.22. The number of halogens is 1. The van der Waals surface area contributed by atoms with Gasteiger partial charge in [0.05, 0.1) is 0 Å². The summed E-state index contributed by atoms with van der Waals surface area (Å²) in [4.78, 5) is 12.5. The minimum absolute atomic E-state index is 0.0818. The lowest BCUT2D eigenvalue weighted by atomic mass is 9.96. The first-order valence-corrected chi connectivity index (χ1v) is 8.73. The van der Waals surface area contributed by atoms with Crippen LogP contribution in [0.4, 0.5) is 0 Å². The molecule has 0 aromatic heterocycles. The van der Waals surface area contributed by atoms with Crippen molar-refractivity contribution in [2.45, 2.75) is 45.4 Å². The molecule has 1 N–H and O–H groups in total. The molecule has 1 saturated carbocycles. The van der Waals surface area contributed by atoms with Crippen LogP contribution in [0.5, 0.6) is 0 Å². The molecule has 1 unspecified atom stereocenters. The average Bonchev–Trinajstić information content (AvgIpc) is 2.91. The summed E-state index contributed by atoms with van der Waals surface area (Å²) >= 11 is 3.90. The molecule has 3 rings (SSSR count). The molecule has 1 aliphatic heterocycles. The smallest absolute Gasteiger partial charge is 0.251 e. The number of benzene rings is 1. The summed E-state index contributed by atoms with van der Waals surface area (Å²) in [5.41, 5.74) is 3.94. The first kappa shape index (κ1) is 15.1. The van der Waals surface area contributed by atoms with Crippen molar-refractivity contribution in [1.82, 2.24) is 5.32 Å². The molecule has 1 heterocycles. The van der Waals surface area contributed by atoms with Gasteiger partial charge in [0.25, 0.3) is 5.91 Å². The van der Waals surface area contributed by atoms with Gasteiger partial charge >= 0.3 is 0 Å². The van der Waals surface area contributed by atoms with Crippen LogP contribution in [0, 0.1) is 16.7 Å². The first-order valence-electron chi connectivity index (χ1n) is 7.82. The van der Waals surface area contributed by atoms with E-state index in [1.54, 1.807) is 0 Å². The van der Waals surface area contributed by atoms with Crippen LogP contribution in [0.25, 0.3) is 0 Å². The second-order valence-corrected chi connectivity index (χ2v) is 8.59. The highest BCUT2D eigenvalue weighted by Crippen LogP contribution is 2.73. The predicted molar refractivity (Wildman–Crippen MR) is 89.8 cm³/mol. The van der Waals surface area contributed by atoms with Crippen LogP contribution in [0.2, 0.25) is 0 Å². The van der Waals surface area contributed by atoms with Crippen LogP contribution in [-0.4, -0.2) is 12.5 Å². The van der Waals surface area contributed by atoms with Gasteiger partial charge in [-0.05, 0) is 46.8 Å². The Labute approximate surface area is 135 Å². The minimum atomic E-state index is 0.0818. The standard InChI is InChI=1S/C18H24BrNO/c1-17(2)15(18(17,3)4)14(19)12-8-7-11-6-5-9-20-16(21)13(11)10-12/h7-8,10,14-15H,5-6,9H2,1-4H3,(H,20,21). The lowest BCUT2D eigenvalue weighted by Gasteiger charge is -2.15. The zero-order chi connectivity index (χ0) is 15.4.